The Balaban J connectivity index is 1.53. The van der Waals surface area contributed by atoms with Crippen molar-refractivity contribution >= 4 is 5.95 Å². The lowest BCUT2D eigenvalue weighted by Gasteiger charge is -2.19. The molecule has 6 nitrogen and oxygen atoms in total. The number of hydrogen-bond donors (Lipinski definition) is 0. The van der Waals surface area contributed by atoms with Gasteiger partial charge in [0.1, 0.15) is 11.5 Å². The van der Waals surface area contributed by atoms with E-state index < -0.39 is 0 Å². The largest absolute Gasteiger partial charge is 0.361 e. The van der Waals surface area contributed by atoms with Crippen molar-refractivity contribution in [3.05, 3.63) is 47.9 Å². The molecular formula is C20H23N5O. The Morgan fingerprint density at radius 2 is 1.85 bits per heavy atom. The zero-order valence-corrected chi connectivity index (χ0v) is 15.0. The lowest BCUT2D eigenvalue weighted by molar-refractivity contribution is 0.389. The van der Waals surface area contributed by atoms with Gasteiger partial charge in [-0.05, 0) is 31.6 Å². The first-order valence-electron chi connectivity index (χ1n) is 9.43. The number of aryl methyl sites for hydroxylation is 1. The zero-order valence-electron chi connectivity index (χ0n) is 15.0. The van der Waals surface area contributed by atoms with Gasteiger partial charge in [0.25, 0.3) is 0 Å². The summed E-state index contributed by atoms with van der Waals surface area (Å²) in [5.41, 5.74) is 1.98. The van der Waals surface area contributed by atoms with E-state index >= 15 is 0 Å². The van der Waals surface area contributed by atoms with Gasteiger partial charge in [-0.2, -0.15) is 0 Å². The van der Waals surface area contributed by atoms with Crippen molar-refractivity contribution in [2.75, 3.05) is 18.0 Å². The highest BCUT2D eigenvalue weighted by molar-refractivity contribution is 5.58. The first kappa shape index (κ1) is 15.6. The first-order chi connectivity index (χ1) is 12.8. The standard InChI is InChI=1S/C20H23N5O/c1-14-10-18(23-26-14)13-25-19(15-6-3-2-4-7-15)21-22-20(25)24-11-16-8-5-9-17(16)12-24/h2-4,6-7,10,16-17H,5,8-9,11-13H2,1H3/t16-,17+. The van der Waals surface area contributed by atoms with Crippen LogP contribution in [0.4, 0.5) is 5.95 Å². The first-order valence-corrected chi connectivity index (χ1v) is 9.43. The number of aromatic nitrogens is 4. The van der Waals surface area contributed by atoms with E-state index in [1.54, 1.807) is 0 Å². The van der Waals surface area contributed by atoms with Crippen LogP contribution in [0.3, 0.4) is 0 Å². The van der Waals surface area contributed by atoms with Crippen molar-refractivity contribution in [3.63, 3.8) is 0 Å². The van der Waals surface area contributed by atoms with Crippen molar-refractivity contribution < 1.29 is 4.52 Å². The summed E-state index contributed by atoms with van der Waals surface area (Å²) >= 11 is 0. The van der Waals surface area contributed by atoms with Crippen molar-refractivity contribution in [1.29, 1.82) is 0 Å². The highest BCUT2D eigenvalue weighted by atomic mass is 16.5. The third-order valence-corrected chi connectivity index (χ3v) is 5.77. The summed E-state index contributed by atoms with van der Waals surface area (Å²) in [6, 6.07) is 12.2. The molecule has 26 heavy (non-hydrogen) atoms. The van der Waals surface area contributed by atoms with Gasteiger partial charge >= 0.3 is 0 Å². The van der Waals surface area contributed by atoms with Crippen LogP contribution in [0.15, 0.2) is 40.9 Å². The summed E-state index contributed by atoms with van der Waals surface area (Å²) in [5, 5.41) is 13.3. The van der Waals surface area contributed by atoms with Gasteiger partial charge in [0.2, 0.25) is 5.95 Å². The molecule has 2 aliphatic rings. The van der Waals surface area contributed by atoms with Gasteiger partial charge in [-0.25, -0.2) is 0 Å². The second kappa shape index (κ2) is 6.27. The number of fused-ring (bicyclic) bond motifs is 1. The fraction of sp³-hybridized carbons (Fsp3) is 0.450. The van der Waals surface area contributed by atoms with Gasteiger partial charge < -0.3 is 9.42 Å². The van der Waals surface area contributed by atoms with Crippen LogP contribution >= 0.6 is 0 Å². The molecule has 2 aromatic heterocycles. The summed E-state index contributed by atoms with van der Waals surface area (Å²) in [5.74, 6) is 4.30. The molecule has 6 heteroatoms. The van der Waals surface area contributed by atoms with Crippen LogP contribution in [0.5, 0.6) is 0 Å². The van der Waals surface area contributed by atoms with Crippen LogP contribution in [-0.4, -0.2) is 33.0 Å². The van der Waals surface area contributed by atoms with E-state index in [4.69, 9.17) is 4.52 Å². The third kappa shape index (κ3) is 2.69. The van der Waals surface area contributed by atoms with Crippen LogP contribution in [0, 0.1) is 18.8 Å². The second-order valence-corrected chi connectivity index (χ2v) is 7.56. The van der Waals surface area contributed by atoms with E-state index in [-0.39, 0.29) is 0 Å². The Labute approximate surface area is 152 Å². The molecule has 0 N–H and O–H groups in total. The number of rotatable bonds is 4. The summed E-state index contributed by atoms with van der Waals surface area (Å²) < 4.78 is 7.46. The van der Waals surface area contributed by atoms with Crippen LogP contribution in [0.2, 0.25) is 0 Å². The normalized spacial score (nSPS) is 22.1. The minimum atomic E-state index is 0.621. The third-order valence-electron chi connectivity index (χ3n) is 5.77. The summed E-state index contributed by atoms with van der Waals surface area (Å²) in [7, 11) is 0. The van der Waals surface area contributed by atoms with Crippen molar-refractivity contribution in [1.82, 2.24) is 19.9 Å². The highest BCUT2D eigenvalue weighted by Gasteiger charge is 2.38. The lowest BCUT2D eigenvalue weighted by atomic mass is 10.0. The van der Waals surface area contributed by atoms with Gasteiger partial charge in [0.05, 0.1) is 6.54 Å². The van der Waals surface area contributed by atoms with Crippen molar-refractivity contribution in [3.8, 4) is 11.4 Å². The van der Waals surface area contributed by atoms with E-state index in [0.717, 1.165) is 53.7 Å². The minimum absolute atomic E-state index is 0.621. The van der Waals surface area contributed by atoms with Crippen LogP contribution < -0.4 is 4.90 Å². The smallest absolute Gasteiger partial charge is 0.227 e. The molecule has 0 bridgehead atoms. The SMILES string of the molecule is Cc1cc(Cn2c(-c3ccccc3)nnc2N2C[C@H]3CCC[C@H]3C2)no1. The molecule has 1 aliphatic carbocycles. The van der Waals surface area contributed by atoms with E-state index in [2.05, 4.69) is 37.0 Å². The Morgan fingerprint density at radius 1 is 1.08 bits per heavy atom. The van der Waals surface area contributed by atoms with Gasteiger partial charge in [-0.3, -0.25) is 4.57 Å². The molecule has 5 rings (SSSR count). The monoisotopic (exact) mass is 349 g/mol. The Bertz CT molecular complexity index is 888. The van der Waals surface area contributed by atoms with E-state index in [9.17, 15) is 0 Å². The van der Waals surface area contributed by atoms with E-state index in [1.807, 2.05) is 31.2 Å². The lowest BCUT2D eigenvalue weighted by Crippen LogP contribution is -2.25. The quantitative estimate of drug-likeness (QED) is 0.721. The predicted molar refractivity (Wildman–Crippen MR) is 98.8 cm³/mol. The topological polar surface area (TPSA) is 60.0 Å². The van der Waals surface area contributed by atoms with Gasteiger partial charge in [0, 0.05) is 24.7 Å². The Hall–Kier alpha value is -2.63. The zero-order chi connectivity index (χ0) is 17.5. The van der Waals surface area contributed by atoms with Crippen molar-refractivity contribution in [2.24, 2.45) is 11.8 Å². The maximum absolute atomic E-state index is 5.27. The maximum Gasteiger partial charge on any atom is 0.227 e. The van der Waals surface area contributed by atoms with E-state index in [0.29, 0.717) is 6.54 Å². The van der Waals surface area contributed by atoms with Crippen molar-refractivity contribution in [2.45, 2.75) is 32.7 Å². The number of hydrogen-bond acceptors (Lipinski definition) is 5. The molecule has 1 saturated heterocycles. The molecule has 0 spiro atoms. The molecule has 1 saturated carbocycles. The molecule has 2 fully saturated rings. The predicted octanol–water partition coefficient (Wildman–Crippen LogP) is 3.53. The van der Waals surface area contributed by atoms with Gasteiger partial charge in [-0.1, -0.05) is 41.9 Å². The highest BCUT2D eigenvalue weighted by Crippen LogP contribution is 2.39. The molecule has 1 aromatic carbocycles. The molecule has 1 aliphatic heterocycles. The molecule has 0 radical (unpaired) electrons. The molecule has 2 atom stereocenters. The summed E-state index contributed by atoms with van der Waals surface area (Å²) in [4.78, 5) is 2.42. The van der Waals surface area contributed by atoms with Gasteiger partial charge in [-0.15, -0.1) is 10.2 Å². The average Bonchev–Trinajstić information content (AvgIpc) is 3.39. The average molecular weight is 349 g/mol. The molecule has 0 unspecified atom stereocenters. The summed E-state index contributed by atoms with van der Waals surface area (Å²) in [6.07, 6.45) is 4.08. The molecule has 0 amide bonds. The summed E-state index contributed by atoms with van der Waals surface area (Å²) in [6.45, 7) is 4.73. The fourth-order valence-corrected chi connectivity index (χ4v) is 4.53. The van der Waals surface area contributed by atoms with Gasteiger partial charge in [0.15, 0.2) is 5.82 Å². The number of benzene rings is 1. The molecular weight excluding hydrogens is 326 g/mol. The number of nitrogens with zero attached hydrogens (tertiary/aromatic N) is 5. The second-order valence-electron chi connectivity index (χ2n) is 7.56. The number of anilines is 1. The maximum atomic E-state index is 5.27. The minimum Gasteiger partial charge on any atom is -0.361 e. The Kier molecular flexibility index (Phi) is 3.76. The fourth-order valence-electron chi connectivity index (χ4n) is 4.53. The molecule has 3 aromatic rings. The Morgan fingerprint density at radius 3 is 2.54 bits per heavy atom. The van der Waals surface area contributed by atoms with Crippen LogP contribution in [0.1, 0.15) is 30.7 Å². The molecule has 3 heterocycles. The van der Waals surface area contributed by atoms with E-state index in [1.165, 1.54) is 19.3 Å². The van der Waals surface area contributed by atoms with Crippen LogP contribution in [0.25, 0.3) is 11.4 Å². The van der Waals surface area contributed by atoms with Crippen LogP contribution in [-0.2, 0) is 6.54 Å². The molecule has 134 valence electrons.